The van der Waals surface area contributed by atoms with Crippen LogP contribution in [-0.2, 0) is 4.79 Å². The topological polar surface area (TPSA) is 64.6 Å². The van der Waals surface area contributed by atoms with Crippen molar-refractivity contribution in [3.63, 3.8) is 0 Å². The van der Waals surface area contributed by atoms with Gasteiger partial charge in [-0.05, 0) is 50.2 Å². The van der Waals surface area contributed by atoms with Crippen LogP contribution >= 0.6 is 0 Å². The van der Waals surface area contributed by atoms with Crippen LogP contribution in [0.1, 0.15) is 24.2 Å². The van der Waals surface area contributed by atoms with Crippen LogP contribution in [0.15, 0.2) is 48.5 Å². The summed E-state index contributed by atoms with van der Waals surface area (Å²) in [5, 5.41) is 2.77. The molecule has 0 saturated heterocycles. The van der Waals surface area contributed by atoms with Crippen LogP contribution in [0.2, 0.25) is 0 Å². The molecule has 0 aromatic heterocycles. The average Bonchev–Trinajstić information content (AvgIpc) is 2.55. The SMILES string of the molecule is COc1ccccc1NC(=O)[C@@H](C)Oc1ccc(C(C)=O)cc1. The van der Waals surface area contributed by atoms with Crippen molar-refractivity contribution in [3.05, 3.63) is 54.1 Å². The summed E-state index contributed by atoms with van der Waals surface area (Å²) in [7, 11) is 1.54. The number of hydrogen-bond acceptors (Lipinski definition) is 4. The number of para-hydroxylation sites is 2. The first-order valence-corrected chi connectivity index (χ1v) is 7.23. The van der Waals surface area contributed by atoms with Gasteiger partial charge in [0.25, 0.3) is 5.91 Å². The van der Waals surface area contributed by atoms with E-state index in [2.05, 4.69) is 5.32 Å². The number of methoxy groups -OCH3 is 1. The van der Waals surface area contributed by atoms with Crippen LogP contribution < -0.4 is 14.8 Å². The fraction of sp³-hybridized carbons (Fsp3) is 0.222. The lowest BCUT2D eigenvalue weighted by Crippen LogP contribution is -2.30. The lowest BCUT2D eigenvalue weighted by atomic mass is 10.1. The number of ketones is 1. The van der Waals surface area contributed by atoms with E-state index in [0.29, 0.717) is 22.7 Å². The normalized spacial score (nSPS) is 11.4. The Bertz CT molecular complexity index is 694. The van der Waals surface area contributed by atoms with Gasteiger partial charge < -0.3 is 14.8 Å². The van der Waals surface area contributed by atoms with E-state index in [9.17, 15) is 9.59 Å². The number of ether oxygens (including phenoxy) is 2. The van der Waals surface area contributed by atoms with Gasteiger partial charge in [-0.15, -0.1) is 0 Å². The minimum atomic E-state index is -0.692. The van der Waals surface area contributed by atoms with E-state index in [1.54, 1.807) is 50.4 Å². The van der Waals surface area contributed by atoms with Gasteiger partial charge in [0.2, 0.25) is 0 Å². The predicted octanol–water partition coefficient (Wildman–Crippen LogP) is 3.30. The van der Waals surface area contributed by atoms with Gasteiger partial charge in [-0.25, -0.2) is 0 Å². The van der Waals surface area contributed by atoms with Crippen LogP contribution in [0.3, 0.4) is 0 Å². The molecule has 1 N–H and O–H groups in total. The zero-order valence-electron chi connectivity index (χ0n) is 13.3. The second-order valence-electron chi connectivity index (χ2n) is 5.03. The zero-order valence-corrected chi connectivity index (χ0v) is 13.3. The fourth-order valence-electron chi connectivity index (χ4n) is 2.01. The predicted molar refractivity (Wildman–Crippen MR) is 88.2 cm³/mol. The van der Waals surface area contributed by atoms with E-state index in [4.69, 9.17) is 9.47 Å². The summed E-state index contributed by atoms with van der Waals surface area (Å²) in [6, 6.07) is 13.8. The van der Waals surface area contributed by atoms with E-state index in [-0.39, 0.29) is 11.7 Å². The second kappa shape index (κ2) is 7.45. The first-order valence-electron chi connectivity index (χ1n) is 7.23. The molecular weight excluding hydrogens is 294 g/mol. The maximum absolute atomic E-state index is 12.2. The van der Waals surface area contributed by atoms with Crippen LogP contribution in [0.5, 0.6) is 11.5 Å². The molecule has 23 heavy (non-hydrogen) atoms. The highest BCUT2D eigenvalue weighted by molar-refractivity contribution is 5.95. The van der Waals surface area contributed by atoms with Gasteiger partial charge in [0.1, 0.15) is 11.5 Å². The highest BCUT2D eigenvalue weighted by Gasteiger charge is 2.16. The minimum absolute atomic E-state index is 0.0153. The first-order chi connectivity index (χ1) is 11.0. The van der Waals surface area contributed by atoms with E-state index < -0.39 is 6.10 Å². The van der Waals surface area contributed by atoms with Crippen molar-refractivity contribution in [3.8, 4) is 11.5 Å². The molecular formula is C18H19NO4. The maximum atomic E-state index is 12.2. The third-order valence-electron chi connectivity index (χ3n) is 3.31. The number of nitrogens with one attached hydrogen (secondary N) is 1. The molecule has 120 valence electrons. The Balaban J connectivity index is 2.01. The van der Waals surface area contributed by atoms with E-state index in [1.165, 1.54) is 6.92 Å². The average molecular weight is 313 g/mol. The molecule has 5 heteroatoms. The number of Topliss-reactive ketones (excluding diaryl/α,β-unsaturated/α-hetero) is 1. The summed E-state index contributed by atoms with van der Waals surface area (Å²) in [5.74, 6) is 0.806. The number of benzene rings is 2. The van der Waals surface area contributed by atoms with Crippen molar-refractivity contribution in [2.75, 3.05) is 12.4 Å². The Morgan fingerprint density at radius 2 is 1.70 bits per heavy atom. The smallest absolute Gasteiger partial charge is 0.265 e. The summed E-state index contributed by atoms with van der Waals surface area (Å²) in [4.78, 5) is 23.4. The van der Waals surface area contributed by atoms with E-state index >= 15 is 0 Å². The van der Waals surface area contributed by atoms with Crippen molar-refractivity contribution >= 4 is 17.4 Å². The molecule has 0 fully saturated rings. The summed E-state index contributed by atoms with van der Waals surface area (Å²) in [6.07, 6.45) is -0.692. The lowest BCUT2D eigenvalue weighted by Gasteiger charge is -2.16. The number of amides is 1. The summed E-state index contributed by atoms with van der Waals surface area (Å²) >= 11 is 0. The van der Waals surface area contributed by atoms with Crippen LogP contribution in [0, 0.1) is 0 Å². The molecule has 0 aliphatic carbocycles. The molecule has 0 unspecified atom stereocenters. The van der Waals surface area contributed by atoms with Crippen molar-refractivity contribution < 1.29 is 19.1 Å². The van der Waals surface area contributed by atoms with Gasteiger partial charge in [0, 0.05) is 5.56 Å². The summed E-state index contributed by atoms with van der Waals surface area (Å²) in [5.41, 5.74) is 1.19. The van der Waals surface area contributed by atoms with E-state index in [1.807, 2.05) is 12.1 Å². The largest absolute Gasteiger partial charge is 0.495 e. The van der Waals surface area contributed by atoms with Gasteiger partial charge in [-0.3, -0.25) is 9.59 Å². The van der Waals surface area contributed by atoms with Gasteiger partial charge in [0.15, 0.2) is 11.9 Å². The maximum Gasteiger partial charge on any atom is 0.265 e. The number of anilines is 1. The van der Waals surface area contributed by atoms with Gasteiger partial charge in [-0.2, -0.15) is 0 Å². The lowest BCUT2D eigenvalue weighted by molar-refractivity contribution is -0.122. The monoisotopic (exact) mass is 313 g/mol. The highest BCUT2D eigenvalue weighted by Crippen LogP contribution is 2.23. The Morgan fingerprint density at radius 1 is 1.04 bits per heavy atom. The molecule has 5 nitrogen and oxygen atoms in total. The fourth-order valence-corrected chi connectivity index (χ4v) is 2.01. The molecule has 2 rings (SSSR count). The molecule has 0 aliphatic heterocycles. The number of carbonyl (C=O) groups excluding carboxylic acids is 2. The van der Waals surface area contributed by atoms with Crippen molar-refractivity contribution in [1.82, 2.24) is 0 Å². The summed E-state index contributed by atoms with van der Waals surface area (Å²) < 4.78 is 10.8. The summed E-state index contributed by atoms with van der Waals surface area (Å²) in [6.45, 7) is 3.16. The molecule has 0 saturated carbocycles. The van der Waals surface area contributed by atoms with Gasteiger partial charge in [-0.1, -0.05) is 12.1 Å². The molecule has 1 atom stereocenters. The number of carbonyl (C=O) groups is 2. The Kier molecular flexibility index (Phi) is 5.36. The molecule has 0 bridgehead atoms. The highest BCUT2D eigenvalue weighted by atomic mass is 16.5. The molecule has 0 spiro atoms. The number of hydrogen-bond donors (Lipinski definition) is 1. The molecule has 1 amide bonds. The Morgan fingerprint density at radius 3 is 2.30 bits per heavy atom. The Labute approximate surface area is 135 Å². The van der Waals surface area contributed by atoms with Crippen LogP contribution in [0.25, 0.3) is 0 Å². The van der Waals surface area contributed by atoms with Crippen molar-refractivity contribution in [2.24, 2.45) is 0 Å². The van der Waals surface area contributed by atoms with Gasteiger partial charge >= 0.3 is 0 Å². The van der Waals surface area contributed by atoms with Gasteiger partial charge in [0.05, 0.1) is 12.8 Å². The van der Waals surface area contributed by atoms with Crippen molar-refractivity contribution in [2.45, 2.75) is 20.0 Å². The molecule has 0 aliphatic rings. The van der Waals surface area contributed by atoms with Crippen LogP contribution in [0.4, 0.5) is 5.69 Å². The van der Waals surface area contributed by atoms with Crippen LogP contribution in [-0.4, -0.2) is 24.9 Å². The third kappa shape index (κ3) is 4.32. The van der Waals surface area contributed by atoms with Crippen molar-refractivity contribution in [1.29, 1.82) is 0 Å². The third-order valence-corrected chi connectivity index (χ3v) is 3.31. The molecule has 0 radical (unpaired) electrons. The first kappa shape index (κ1) is 16.5. The molecule has 2 aromatic carbocycles. The molecule has 0 heterocycles. The standard InChI is InChI=1S/C18H19NO4/c1-12(20)14-8-10-15(11-9-14)23-13(2)18(21)19-16-6-4-5-7-17(16)22-3/h4-11,13H,1-3H3,(H,19,21)/t13-/m1/s1. The number of rotatable bonds is 6. The molecule has 2 aromatic rings. The Hall–Kier alpha value is -2.82. The zero-order chi connectivity index (χ0) is 16.8. The minimum Gasteiger partial charge on any atom is -0.495 e. The van der Waals surface area contributed by atoms with E-state index in [0.717, 1.165) is 0 Å². The second-order valence-corrected chi connectivity index (χ2v) is 5.03. The quantitative estimate of drug-likeness (QED) is 0.831.